The van der Waals surface area contributed by atoms with Gasteiger partial charge >= 0.3 is 0 Å². The maximum Gasteiger partial charge on any atom is 0.214 e. The second-order valence-electron chi connectivity index (χ2n) is 4.03. The van der Waals surface area contributed by atoms with Crippen molar-refractivity contribution in [2.24, 2.45) is 7.05 Å². The van der Waals surface area contributed by atoms with Crippen molar-refractivity contribution in [3.63, 3.8) is 0 Å². The van der Waals surface area contributed by atoms with Crippen LogP contribution in [0.2, 0.25) is 0 Å². The minimum atomic E-state index is -0.431. The Labute approximate surface area is 104 Å². The molecule has 1 aromatic carbocycles. The van der Waals surface area contributed by atoms with E-state index in [1.165, 1.54) is 30.1 Å². The maximum atomic E-state index is 13.3. The van der Waals surface area contributed by atoms with Gasteiger partial charge in [-0.2, -0.15) is 5.10 Å². The highest BCUT2D eigenvalue weighted by Crippen LogP contribution is 2.21. The van der Waals surface area contributed by atoms with E-state index in [1.807, 2.05) is 0 Å². The molecule has 5 heteroatoms. The lowest BCUT2D eigenvalue weighted by Gasteiger charge is -2.05. The van der Waals surface area contributed by atoms with Gasteiger partial charge < -0.3 is 4.74 Å². The van der Waals surface area contributed by atoms with Crippen LogP contribution in [0.5, 0.6) is 5.75 Å². The Bertz CT molecular complexity index is 585. The van der Waals surface area contributed by atoms with E-state index in [9.17, 15) is 9.18 Å². The van der Waals surface area contributed by atoms with Crippen LogP contribution in [0, 0.1) is 12.7 Å². The fourth-order valence-electron chi connectivity index (χ4n) is 1.83. The molecule has 0 saturated carbocycles. The molecule has 18 heavy (non-hydrogen) atoms. The number of carbonyl (C=O) groups is 1. The molecule has 0 unspecified atom stereocenters. The van der Waals surface area contributed by atoms with Gasteiger partial charge in [0.25, 0.3) is 0 Å². The number of hydrogen-bond donors (Lipinski definition) is 0. The number of rotatable bonds is 3. The van der Waals surface area contributed by atoms with Crippen LogP contribution < -0.4 is 4.74 Å². The molecule has 0 radical (unpaired) electrons. The van der Waals surface area contributed by atoms with E-state index in [4.69, 9.17) is 4.74 Å². The zero-order chi connectivity index (χ0) is 13.3. The molecule has 0 aliphatic carbocycles. The molecule has 0 atom stereocenters. The van der Waals surface area contributed by atoms with E-state index in [-0.39, 0.29) is 11.3 Å². The lowest BCUT2D eigenvalue weighted by molar-refractivity contribution is 0.102. The monoisotopic (exact) mass is 248 g/mol. The third-order valence-electron chi connectivity index (χ3n) is 2.64. The molecule has 0 spiro atoms. The van der Waals surface area contributed by atoms with Crippen molar-refractivity contribution in [3.8, 4) is 5.75 Å². The number of benzene rings is 1. The van der Waals surface area contributed by atoms with E-state index >= 15 is 0 Å². The predicted octanol–water partition coefficient (Wildman–Crippen LogP) is 2.11. The lowest BCUT2D eigenvalue weighted by Crippen LogP contribution is -2.10. The summed E-state index contributed by atoms with van der Waals surface area (Å²) >= 11 is 0. The Hall–Kier alpha value is -2.17. The topological polar surface area (TPSA) is 44.1 Å². The summed E-state index contributed by atoms with van der Waals surface area (Å²) in [7, 11) is 3.10. The van der Waals surface area contributed by atoms with Crippen LogP contribution >= 0.6 is 0 Å². The largest absolute Gasteiger partial charge is 0.493 e. The number of aryl methyl sites for hydroxylation is 2. The fraction of sp³-hybridized carbons (Fsp3) is 0.231. The number of methoxy groups -OCH3 is 1. The Morgan fingerprint density at radius 2 is 2.11 bits per heavy atom. The molecule has 0 N–H and O–H groups in total. The molecule has 0 aliphatic rings. The van der Waals surface area contributed by atoms with Gasteiger partial charge in [0, 0.05) is 12.6 Å². The van der Waals surface area contributed by atoms with Gasteiger partial charge in [0.05, 0.1) is 13.3 Å². The molecule has 0 saturated heterocycles. The van der Waals surface area contributed by atoms with Crippen molar-refractivity contribution in [2.75, 3.05) is 7.11 Å². The number of ketones is 1. The summed E-state index contributed by atoms with van der Waals surface area (Å²) in [6.07, 6.45) is 1.46. The Kier molecular flexibility index (Phi) is 3.14. The van der Waals surface area contributed by atoms with Crippen LogP contribution in [0.4, 0.5) is 4.39 Å². The SMILES string of the molecule is COc1cnn(C)c1C(=O)c1cc(C)cc(F)c1. The van der Waals surface area contributed by atoms with E-state index in [0.717, 1.165) is 0 Å². The average Bonchev–Trinajstić information content (AvgIpc) is 2.68. The molecule has 1 heterocycles. The second kappa shape index (κ2) is 4.60. The minimum absolute atomic E-state index is 0.286. The number of aromatic nitrogens is 2. The Balaban J connectivity index is 2.50. The highest BCUT2D eigenvalue weighted by Gasteiger charge is 2.20. The quantitative estimate of drug-likeness (QED) is 0.781. The third kappa shape index (κ3) is 2.11. The first-order chi connectivity index (χ1) is 8.52. The summed E-state index contributed by atoms with van der Waals surface area (Å²) in [6.45, 7) is 1.74. The molecule has 1 aromatic heterocycles. The molecule has 2 rings (SSSR count). The zero-order valence-electron chi connectivity index (χ0n) is 10.4. The second-order valence-corrected chi connectivity index (χ2v) is 4.03. The van der Waals surface area contributed by atoms with Crippen molar-refractivity contribution < 1.29 is 13.9 Å². The molecule has 94 valence electrons. The highest BCUT2D eigenvalue weighted by molar-refractivity contribution is 6.09. The standard InChI is InChI=1S/C13H13FN2O2/c1-8-4-9(6-10(14)5-8)13(17)12-11(18-3)7-15-16(12)2/h4-7H,1-3H3. The van der Waals surface area contributed by atoms with E-state index < -0.39 is 5.82 Å². The molecule has 4 nitrogen and oxygen atoms in total. The first kappa shape index (κ1) is 12.3. The normalized spacial score (nSPS) is 10.4. The fourth-order valence-corrected chi connectivity index (χ4v) is 1.83. The van der Waals surface area contributed by atoms with Crippen molar-refractivity contribution >= 4 is 5.78 Å². The summed E-state index contributed by atoms with van der Waals surface area (Å²) in [5.41, 5.74) is 1.29. The minimum Gasteiger partial charge on any atom is -0.493 e. The summed E-state index contributed by atoms with van der Waals surface area (Å²) < 4.78 is 19.8. The van der Waals surface area contributed by atoms with Gasteiger partial charge in [0.2, 0.25) is 5.78 Å². The van der Waals surface area contributed by atoms with Crippen LogP contribution in [-0.2, 0) is 7.05 Å². The average molecular weight is 248 g/mol. The Morgan fingerprint density at radius 3 is 2.72 bits per heavy atom. The van der Waals surface area contributed by atoms with Crippen molar-refractivity contribution in [1.82, 2.24) is 9.78 Å². The van der Waals surface area contributed by atoms with Crippen LogP contribution in [0.1, 0.15) is 21.6 Å². The summed E-state index contributed by atoms with van der Waals surface area (Å²) in [6, 6.07) is 4.22. The number of ether oxygens (including phenoxy) is 1. The predicted molar refractivity (Wildman–Crippen MR) is 64.3 cm³/mol. The van der Waals surface area contributed by atoms with Gasteiger partial charge in [0.1, 0.15) is 5.82 Å². The van der Waals surface area contributed by atoms with E-state index in [1.54, 1.807) is 20.0 Å². The van der Waals surface area contributed by atoms with Crippen molar-refractivity contribution in [2.45, 2.75) is 6.92 Å². The smallest absolute Gasteiger partial charge is 0.214 e. The van der Waals surface area contributed by atoms with Crippen LogP contribution in [0.15, 0.2) is 24.4 Å². The summed E-state index contributed by atoms with van der Waals surface area (Å²) in [5.74, 6) is -0.363. The van der Waals surface area contributed by atoms with Crippen molar-refractivity contribution in [3.05, 3.63) is 47.0 Å². The molecule has 0 bridgehead atoms. The number of halogens is 1. The molecule has 0 fully saturated rings. The van der Waals surface area contributed by atoms with Crippen molar-refractivity contribution in [1.29, 1.82) is 0 Å². The highest BCUT2D eigenvalue weighted by atomic mass is 19.1. The molecule has 0 aliphatic heterocycles. The van der Waals surface area contributed by atoms with E-state index in [0.29, 0.717) is 17.0 Å². The van der Waals surface area contributed by atoms with Gasteiger partial charge in [-0.3, -0.25) is 9.48 Å². The van der Waals surface area contributed by atoms with Crippen LogP contribution in [-0.4, -0.2) is 22.7 Å². The van der Waals surface area contributed by atoms with Gasteiger partial charge in [-0.1, -0.05) is 0 Å². The lowest BCUT2D eigenvalue weighted by atomic mass is 10.1. The van der Waals surface area contributed by atoms with E-state index in [2.05, 4.69) is 5.10 Å². The first-order valence-electron chi connectivity index (χ1n) is 5.41. The van der Waals surface area contributed by atoms with Crippen LogP contribution in [0.3, 0.4) is 0 Å². The summed E-state index contributed by atoms with van der Waals surface area (Å²) in [4.78, 5) is 12.3. The number of nitrogens with zero attached hydrogens (tertiary/aromatic N) is 2. The van der Waals surface area contributed by atoms with Gasteiger partial charge in [-0.05, 0) is 30.7 Å². The molecule has 2 aromatic rings. The Morgan fingerprint density at radius 1 is 1.39 bits per heavy atom. The van der Waals surface area contributed by atoms with Gasteiger partial charge in [0.15, 0.2) is 11.4 Å². The first-order valence-corrected chi connectivity index (χ1v) is 5.41. The molecule has 0 amide bonds. The van der Waals surface area contributed by atoms with Gasteiger partial charge in [-0.15, -0.1) is 0 Å². The maximum absolute atomic E-state index is 13.3. The molecular weight excluding hydrogens is 235 g/mol. The number of hydrogen-bond acceptors (Lipinski definition) is 3. The third-order valence-corrected chi connectivity index (χ3v) is 2.64. The van der Waals surface area contributed by atoms with Crippen LogP contribution in [0.25, 0.3) is 0 Å². The van der Waals surface area contributed by atoms with Gasteiger partial charge in [-0.25, -0.2) is 4.39 Å². The zero-order valence-corrected chi connectivity index (χ0v) is 10.4. The molecular formula is C13H13FN2O2. The summed E-state index contributed by atoms with van der Waals surface area (Å²) in [5, 5.41) is 3.96. The number of carbonyl (C=O) groups excluding carboxylic acids is 1.